The minimum atomic E-state index is 0.162. The van der Waals surface area contributed by atoms with Crippen molar-refractivity contribution in [3.63, 3.8) is 0 Å². The van der Waals surface area contributed by atoms with Crippen molar-refractivity contribution in [3.05, 3.63) is 0 Å². The smallest absolute Gasteiger partial charge is 0.236 e. The minimum absolute atomic E-state index is 0.162. The number of amides is 1. The van der Waals surface area contributed by atoms with Crippen molar-refractivity contribution in [1.82, 2.24) is 15.1 Å². The van der Waals surface area contributed by atoms with Crippen LogP contribution in [-0.4, -0.2) is 61.5 Å². The molecule has 0 aromatic carbocycles. The average Bonchev–Trinajstić information content (AvgIpc) is 2.50. The molecule has 0 aliphatic carbocycles. The number of carbonyl (C=O) groups is 1. The van der Waals surface area contributed by atoms with E-state index >= 15 is 0 Å². The highest BCUT2D eigenvalue weighted by Gasteiger charge is 2.18. The molecule has 1 N–H and O–H groups in total. The van der Waals surface area contributed by atoms with Gasteiger partial charge in [0.25, 0.3) is 0 Å². The van der Waals surface area contributed by atoms with Gasteiger partial charge in [-0.2, -0.15) is 0 Å². The normalized spacial score (nSPS) is 22.5. The van der Waals surface area contributed by atoms with E-state index in [2.05, 4.69) is 24.1 Å². The average molecular weight is 241 g/mol. The Hall–Kier alpha value is -0.610. The summed E-state index contributed by atoms with van der Waals surface area (Å²) in [6.07, 6.45) is 3.56. The quantitative estimate of drug-likeness (QED) is 0.795. The van der Waals surface area contributed by atoms with E-state index < -0.39 is 0 Å². The standard InChI is InChI=1S/C13H27N3O/c1-11(2)16-8-5-6-12(7-9-16)14-10-13(17)15(3)4/h11-12,14H,5-10H2,1-4H3. The first kappa shape index (κ1) is 14.5. The van der Waals surface area contributed by atoms with Gasteiger partial charge in [0.1, 0.15) is 0 Å². The molecule has 0 spiro atoms. The largest absolute Gasteiger partial charge is 0.348 e. The van der Waals surface area contributed by atoms with Crippen LogP contribution >= 0.6 is 0 Å². The molecule has 100 valence electrons. The molecule has 1 saturated heterocycles. The molecular weight excluding hydrogens is 214 g/mol. The van der Waals surface area contributed by atoms with E-state index in [0.29, 0.717) is 18.6 Å². The van der Waals surface area contributed by atoms with Gasteiger partial charge in [0.2, 0.25) is 5.91 Å². The Kier molecular flexibility index (Phi) is 5.92. The Morgan fingerprint density at radius 1 is 1.35 bits per heavy atom. The van der Waals surface area contributed by atoms with Gasteiger partial charge in [-0.25, -0.2) is 0 Å². The Balaban J connectivity index is 2.29. The lowest BCUT2D eigenvalue weighted by molar-refractivity contribution is -0.127. The van der Waals surface area contributed by atoms with E-state index in [-0.39, 0.29) is 5.91 Å². The summed E-state index contributed by atoms with van der Waals surface area (Å²) in [5.41, 5.74) is 0. The van der Waals surface area contributed by atoms with Crippen LogP contribution < -0.4 is 5.32 Å². The number of nitrogens with one attached hydrogen (secondary N) is 1. The van der Waals surface area contributed by atoms with Crippen molar-refractivity contribution in [1.29, 1.82) is 0 Å². The van der Waals surface area contributed by atoms with Crippen LogP contribution in [0, 0.1) is 0 Å². The Morgan fingerprint density at radius 3 is 2.65 bits per heavy atom. The van der Waals surface area contributed by atoms with E-state index in [9.17, 15) is 4.79 Å². The van der Waals surface area contributed by atoms with Crippen molar-refractivity contribution in [3.8, 4) is 0 Å². The van der Waals surface area contributed by atoms with E-state index in [0.717, 1.165) is 13.0 Å². The van der Waals surface area contributed by atoms with Crippen LogP contribution in [0.5, 0.6) is 0 Å². The molecule has 1 atom stereocenters. The number of likely N-dealkylation sites (N-methyl/N-ethyl adjacent to an activating group) is 1. The molecule has 0 bridgehead atoms. The van der Waals surface area contributed by atoms with Crippen molar-refractivity contribution >= 4 is 5.91 Å². The Bertz CT molecular complexity index is 241. The first-order valence-corrected chi connectivity index (χ1v) is 6.68. The zero-order valence-corrected chi connectivity index (χ0v) is 11.7. The Morgan fingerprint density at radius 2 is 2.06 bits per heavy atom. The predicted molar refractivity (Wildman–Crippen MR) is 71.0 cm³/mol. The maximum absolute atomic E-state index is 11.5. The topological polar surface area (TPSA) is 35.6 Å². The van der Waals surface area contributed by atoms with Gasteiger partial charge < -0.3 is 15.1 Å². The fourth-order valence-electron chi connectivity index (χ4n) is 2.23. The maximum atomic E-state index is 11.5. The summed E-state index contributed by atoms with van der Waals surface area (Å²) in [4.78, 5) is 15.7. The third-order valence-electron chi connectivity index (χ3n) is 3.53. The zero-order chi connectivity index (χ0) is 12.8. The molecule has 1 fully saturated rings. The second-order valence-corrected chi connectivity index (χ2v) is 5.43. The molecule has 0 radical (unpaired) electrons. The third kappa shape index (κ3) is 5.04. The van der Waals surface area contributed by atoms with Gasteiger partial charge in [-0.3, -0.25) is 4.79 Å². The lowest BCUT2D eigenvalue weighted by atomic mass is 10.1. The van der Waals surface area contributed by atoms with Gasteiger partial charge in [-0.15, -0.1) is 0 Å². The van der Waals surface area contributed by atoms with E-state index in [1.54, 1.807) is 19.0 Å². The van der Waals surface area contributed by atoms with Crippen molar-refractivity contribution in [2.45, 2.75) is 45.2 Å². The number of hydrogen-bond acceptors (Lipinski definition) is 3. The highest BCUT2D eigenvalue weighted by molar-refractivity contribution is 5.77. The van der Waals surface area contributed by atoms with E-state index in [4.69, 9.17) is 0 Å². The van der Waals surface area contributed by atoms with Crippen molar-refractivity contribution in [2.75, 3.05) is 33.7 Å². The van der Waals surface area contributed by atoms with Gasteiger partial charge in [0.05, 0.1) is 6.54 Å². The number of rotatable bonds is 4. The summed E-state index contributed by atoms with van der Waals surface area (Å²) >= 11 is 0. The SMILES string of the molecule is CC(C)N1CCCC(NCC(=O)N(C)C)CC1. The molecule has 1 amide bonds. The molecule has 1 unspecified atom stereocenters. The number of hydrogen-bond donors (Lipinski definition) is 1. The molecule has 1 aliphatic rings. The molecule has 4 nitrogen and oxygen atoms in total. The molecule has 4 heteroatoms. The lowest BCUT2D eigenvalue weighted by Crippen LogP contribution is -2.39. The summed E-state index contributed by atoms with van der Waals surface area (Å²) in [6, 6.07) is 1.14. The van der Waals surface area contributed by atoms with Gasteiger partial charge in [-0.1, -0.05) is 0 Å². The summed E-state index contributed by atoms with van der Waals surface area (Å²) < 4.78 is 0. The van der Waals surface area contributed by atoms with Crippen molar-refractivity contribution in [2.24, 2.45) is 0 Å². The summed E-state index contributed by atoms with van der Waals surface area (Å²) in [5.74, 6) is 0.162. The van der Waals surface area contributed by atoms with Crippen LogP contribution in [0.4, 0.5) is 0 Å². The van der Waals surface area contributed by atoms with Crippen LogP contribution in [0.25, 0.3) is 0 Å². The zero-order valence-electron chi connectivity index (χ0n) is 11.7. The monoisotopic (exact) mass is 241 g/mol. The van der Waals surface area contributed by atoms with Crippen molar-refractivity contribution < 1.29 is 4.79 Å². The minimum Gasteiger partial charge on any atom is -0.348 e. The van der Waals surface area contributed by atoms with Gasteiger partial charge >= 0.3 is 0 Å². The van der Waals surface area contributed by atoms with E-state index in [1.807, 2.05) is 0 Å². The number of nitrogens with zero attached hydrogens (tertiary/aromatic N) is 2. The van der Waals surface area contributed by atoms with Crippen LogP contribution in [-0.2, 0) is 4.79 Å². The molecule has 1 rings (SSSR count). The first-order chi connectivity index (χ1) is 8.00. The predicted octanol–water partition coefficient (Wildman–Crippen LogP) is 0.927. The summed E-state index contributed by atoms with van der Waals surface area (Å²) in [7, 11) is 3.61. The van der Waals surface area contributed by atoms with Crippen LogP contribution in [0.2, 0.25) is 0 Å². The van der Waals surface area contributed by atoms with Crippen LogP contribution in [0.3, 0.4) is 0 Å². The molecule has 17 heavy (non-hydrogen) atoms. The molecular formula is C13H27N3O. The van der Waals surface area contributed by atoms with Gasteiger partial charge in [0.15, 0.2) is 0 Å². The summed E-state index contributed by atoms with van der Waals surface area (Å²) in [6.45, 7) is 7.31. The second kappa shape index (κ2) is 6.97. The molecule has 0 aromatic heterocycles. The first-order valence-electron chi connectivity index (χ1n) is 6.68. The van der Waals surface area contributed by atoms with Crippen LogP contribution in [0.15, 0.2) is 0 Å². The summed E-state index contributed by atoms with van der Waals surface area (Å²) in [5, 5.41) is 3.38. The molecule has 0 saturated carbocycles. The highest BCUT2D eigenvalue weighted by atomic mass is 16.2. The Labute approximate surface area is 105 Å². The fraction of sp³-hybridized carbons (Fsp3) is 0.923. The van der Waals surface area contributed by atoms with Crippen LogP contribution in [0.1, 0.15) is 33.1 Å². The second-order valence-electron chi connectivity index (χ2n) is 5.43. The van der Waals surface area contributed by atoms with Gasteiger partial charge in [-0.05, 0) is 46.2 Å². The maximum Gasteiger partial charge on any atom is 0.236 e. The number of carbonyl (C=O) groups excluding carboxylic acids is 1. The highest BCUT2D eigenvalue weighted by Crippen LogP contribution is 2.13. The van der Waals surface area contributed by atoms with E-state index in [1.165, 1.54) is 19.4 Å². The molecule has 0 aromatic rings. The number of likely N-dealkylation sites (tertiary alicyclic amines) is 1. The third-order valence-corrected chi connectivity index (χ3v) is 3.53. The molecule has 1 heterocycles. The fourth-order valence-corrected chi connectivity index (χ4v) is 2.23. The van der Waals surface area contributed by atoms with Gasteiger partial charge in [0, 0.05) is 26.2 Å². The lowest BCUT2D eigenvalue weighted by Gasteiger charge is -2.24. The molecule has 1 aliphatic heterocycles.